The normalized spacial score (nSPS) is 12.6. The molecule has 0 fully saturated rings. The van der Waals surface area contributed by atoms with Crippen LogP contribution in [0.2, 0.25) is 0 Å². The van der Waals surface area contributed by atoms with Gasteiger partial charge in [0.25, 0.3) is 10.0 Å². The third-order valence-electron chi connectivity index (χ3n) is 5.22. The van der Waals surface area contributed by atoms with Crippen LogP contribution < -0.4 is 19.5 Å². The quantitative estimate of drug-likeness (QED) is 0.203. The third-order valence-corrected chi connectivity index (χ3v) is 6.59. The molecule has 1 heterocycles. The smallest absolute Gasteiger partial charge is 0.388 e. The average Bonchev–Trinajstić information content (AvgIpc) is 3.25. The van der Waals surface area contributed by atoms with Gasteiger partial charge in [0, 0.05) is 24.8 Å². The highest BCUT2D eigenvalue weighted by atomic mass is 32.2. The third kappa shape index (κ3) is 6.90. The van der Waals surface area contributed by atoms with Crippen LogP contribution in [0, 0.1) is 5.82 Å². The number of rotatable bonds is 12. The first kappa shape index (κ1) is 26.3. The maximum atomic E-state index is 13.4. The number of aliphatic hydroxyl groups is 1. The molecular formula is C24H23F3N4O5S. The van der Waals surface area contributed by atoms with Gasteiger partial charge in [-0.15, -0.1) is 5.10 Å². The second-order valence-electron chi connectivity index (χ2n) is 7.87. The molecule has 0 saturated carbocycles. The van der Waals surface area contributed by atoms with Crippen LogP contribution in [0.15, 0.2) is 71.6 Å². The molecule has 0 aliphatic rings. The van der Waals surface area contributed by atoms with Crippen molar-refractivity contribution in [2.45, 2.75) is 17.6 Å². The monoisotopic (exact) mass is 536 g/mol. The van der Waals surface area contributed by atoms with Gasteiger partial charge in [-0.3, -0.25) is 9.82 Å². The fourth-order valence-corrected chi connectivity index (χ4v) is 4.57. The minimum absolute atomic E-state index is 0.164. The predicted molar refractivity (Wildman–Crippen MR) is 130 cm³/mol. The number of aliphatic hydroxyl groups excluding tert-OH is 1. The summed E-state index contributed by atoms with van der Waals surface area (Å²) in [5.74, 6) is -0.379. The second kappa shape index (κ2) is 11.5. The van der Waals surface area contributed by atoms with E-state index in [9.17, 15) is 26.7 Å². The molecule has 4 aromatic rings. The Morgan fingerprint density at radius 1 is 1.05 bits per heavy atom. The van der Waals surface area contributed by atoms with E-state index in [1.54, 1.807) is 30.3 Å². The Labute approximate surface area is 210 Å². The number of aromatic amines is 1. The van der Waals surface area contributed by atoms with E-state index in [4.69, 9.17) is 4.74 Å². The van der Waals surface area contributed by atoms with Gasteiger partial charge in [-0.05, 0) is 48.0 Å². The number of aromatic nitrogens is 2. The van der Waals surface area contributed by atoms with Crippen molar-refractivity contribution in [1.29, 1.82) is 0 Å². The van der Waals surface area contributed by atoms with E-state index >= 15 is 0 Å². The van der Waals surface area contributed by atoms with Crippen LogP contribution in [0.3, 0.4) is 0 Å². The number of fused-ring (bicyclic) bond motifs is 1. The van der Waals surface area contributed by atoms with E-state index in [1.165, 1.54) is 24.3 Å². The fourth-order valence-electron chi connectivity index (χ4n) is 3.49. The van der Waals surface area contributed by atoms with Crippen molar-refractivity contribution in [3.8, 4) is 11.6 Å². The number of halogens is 3. The molecule has 0 amide bonds. The zero-order chi connectivity index (χ0) is 26.4. The molecule has 13 heteroatoms. The van der Waals surface area contributed by atoms with Gasteiger partial charge in [0.2, 0.25) is 5.88 Å². The largest absolute Gasteiger partial charge is 0.492 e. The summed E-state index contributed by atoms with van der Waals surface area (Å²) in [5.41, 5.74) is 1.17. The standard InChI is InChI=1S/C24H23F3N4O5S/c25-16-4-2-6-19(12-16)37(33,34)31-17-5-1-3-15(11-17)22(32)14-28-9-10-35-18-7-8-20-21(13-18)29-30-23(20)36-24(26)27/h1-8,11-13,22,24,28,31-32H,9-10,14H2,(H,29,30). The zero-order valence-corrected chi connectivity index (χ0v) is 20.0. The highest BCUT2D eigenvalue weighted by Crippen LogP contribution is 2.27. The number of nitrogens with one attached hydrogen (secondary N) is 3. The van der Waals surface area contributed by atoms with E-state index in [0.29, 0.717) is 28.8 Å². The van der Waals surface area contributed by atoms with Gasteiger partial charge in [0.15, 0.2) is 0 Å². The Balaban J connectivity index is 1.26. The van der Waals surface area contributed by atoms with Gasteiger partial charge < -0.3 is 19.9 Å². The highest BCUT2D eigenvalue weighted by Gasteiger charge is 2.16. The lowest BCUT2D eigenvalue weighted by molar-refractivity contribution is -0.0518. The lowest BCUT2D eigenvalue weighted by atomic mass is 10.1. The summed E-state index contributed by atoms with van der Waals surface area (Å²) in [6.45, 7) is -2.18. The molecule has 1 atom stereocenters. The van der Waals surface area contributed by atoms with E-state index in [-0.39, 0.29) is 29.6 Å². The van der Waals surface area contributed by atoms with Crippen molar-refractivity contribution in [3.63, 3.8) is 0 Å². The lowest BCUT2D eigenvalue weighted by Crippen LogP contribution is -2.26. The Morgan fingerprint density at radius 2 is 1.86 bits per heavy atom. The minimum atomic E-state index is -4.00. The molecule has 4 rings (SSSR count). The number of H-pyrrole nitrogens is 1. The van der Waals surface area contributed by atoms with Crippen molar-refractivity contribution in [2.24, 2.45) is 0 Å². The molecule has 1 unspecified atom stereocenters. The number of nitrogens with zero attached hydrogens (tertiary/aromatic N) is 1. The van der Waals surface area contributed by atoms with Gasteiger partial charge in [-0.25, -0.2) is 12.8 Å². The fraction of sp³-hybridized carbons (Fsp3) is 0.208. The van der Waals surface area contributed by atoms with Crippen LogP contribution in [0.25, 0.3) is 10.9 Å². The van der Waals surface area contributed by atoms with Gasteiger partial charge in [0.1, 0.15) is 18.2 Å². The Morgan fingerprint density at radius 3 is 2.65 bits per heavy atom. The highest BCUT2D eigenvalue weighted by molar-refractivity contribution is 7.92. The topological polar surface area (TPSA) is 126 Å². The van der Waals surface area contributed by atoms with Crippen LogP contribution in [-0.2, 0) is 10.0 Å². The number of benzene rings is 3. The molecule has 3 aromatic carbocycles. The van der Waals surface area contributed by atoms with Gasteiger partial charge in [0.05, 0.1) is 21.9 Å². The number of hydrogen-bond acceptors (Lipinski definition) is 7. The number of anilines is 1. The second-order valence-corrected chi connectivity index (χ2v) is 9.55. The summed E-state index contributed by atoms with van der Waals surface area (Å²) in [6.07, 6.45) is -0.937. The first-order valence-electron chi connectivity index (χ1n) is 11.0. The Kier molecular flexibility index (Phi) is 8.16. The van der Waals surface area contributed by atoms with Crippen LogP contribution >= 0.6 is 0 Å². The average molecular weight is 537 g/mol. The van der Waals surface area contributed by atoms with Crippen LogP contribution in [0.1, 0.15) is 11.7 Å². The molecule has 0 aliphatic carbocycles. The molecule has 9 nitrogen and oxygen atoms in total. The summed E-state index contributed by atoms with van der Waals surface area (Å²) in [5, 5.41) is 20.2. The number of sulfonamides is 1. The van der Waals surface area contributed by atoms with Crippen molar-refractivity contribution in [2.75, 3.05) is 24.4 Å². The van der Waals surface area contributed by atoms with E-state index < -0.39 is 28.6 Å². The van der Waals surface area contributed by atoms with Crippen LogP contribution in [-0.4, -0.2) is 50.0 Å². The van der Waals surface area contributed by atoms with Gasteiger partial charge >= 0.3 is 6.61 Å². The molecule has 0 spiro atoms. The first-order valence-corrected chi connectivity index (χ1v) is 12.5. The molecule has 1 aromatic heterocycles. The van der Waals surface area contributed by atoms with Gasteiger partial charge in [-0.2, -0.15) is 8.78 Å². The summed E-state index contributed by atoms with van der Waals surface area (Å²) < 4.78 is 75.6. The van der Waals surface area contributed by atoms with Crippen molar-refractivity contribution in [3.05, 3.63) is 78.1 Å². The summed E-state index contributed by atoms with van der Waals surface area (Å²) in [4.78, 5) is -0.214. The zero-order valence-electron chi connectivity index (χ0n) is 19.2. The molecule has 0 aliphatic heterocycles. The molecular weight excluding hydrogens is 513 g/mol. The number of hydrogen-bond donors (Lipinski definition) is 4. The van der Waals surface area contributed by atoms with Crippen molar-refractivity contribution in [1.82, 2.24) is 15.5 Å². The molecule has 0 bridgehead atoms. The number of ether oxygens (including phenoxy) is 2. The predicted octanol–water partition coefficient (Wildman–Crippen LogP) is 3.81. The minimum Gasteiger partial charge on any atom is -0.492 e. The van der Waals surface area contributed by atoms with E-state index in [1.807, 2.05) is 0 Å². The Hall–Kier alpha value is -3.81. The van der Waals surface area contributed by atoms with Gasteiger partial charge in [-0.1, -0.05) is 18.2 Å². The molecule has 0 saturated heterocycles. The number of alkyl halides is 2. The molecule has 37 heavy (non-hydrogen) atoms. The summed E-state index contributed by atoms with van der Waals surface area (Å²) >= 11 is 0. The van der Waals surface area contributed by atoms with E-state index in [0.717, 1.165) is 12.1 Å². The van der Waals surface area contributed by atoms with Crippen LogP contribution in [0.4, 0.5) is 18.9 Å². The molecule has 196 valence electrons. The maximum absolute atomic E-state index is 13.4. The first-order chi connectivity index (χ1) is 17.7. The molecule has 0 radical (unpaired) electrons. The van der Waals surface area contributed by atoms with Crippen LogP contribution in [0.5, 0.6) is 11.6 Å². The molecule has 4 N–H and O–H groups in total. The van der Waals surface area contributed by atoms with E-state index in [2.05, 4.69) is 25.0 Å². The lowest BCUT2D eigenvalue weighted by Gasteiger charge is -2.15. The summed E-state index contributed by atoms with van der Waals surface area (Å²) in [6, 6.07) is 15.7. The maximum Gasteiger partial charge on any atom is 0.388 e. The summed E-state index contributed by atoms with van der Waals surface area (Å²) in [7, 11) is -4.00. The Bertz CT molecular complexity index is 1470. The SMILES string of the molecule is O=S(=O)(Nc1cccc(C(O)CNCCOc2ccc3c(OC(F)F)n[nH]c3c2)c1)c1cccc(F)c1. The van der Waals surface area contributed by atoms with Crippen molar-refractivity contribution < 1.29 is 36.2 Å². The van der Waals surface area contributed by atoms with Crippen molar-refractivity contribution >= 4 is 26.6 Å².